The van der Waals surface area contributed by atoms with Gasteiger partial charge in [0.05, 0.1) is 32.4 Å². The summed E-state index contributed by atoms with van der Waals surface area (Å²) in [7, 11) is 2.85. The number of ether oxygens (including phenoxy) is 3. The van der Waals surface area contributed by atoms with Gasteiger partial charge in [-0.25, -0.2) is 14.8 Å². The quantitative estimate of drug-likeness (QED) is 0.741. The van der Waals surface area contributed by atoms with Gasteiger partial charge in [0.25, 0.3) is 0 Å². The highest BCUT2D eigenvalue weighted by Gasteiger charge is 2.42. The molecule has 1 aliphatic heterocycles. The highest BCUT2D eigenvalue weighted by molar-refractivity contribution is 5.85. The van der Waals surface area contributed by atoms with Crippen LogP contribution in [0.15, 0.2) is 18.6 Å². The topological polar surface area (TPSA) is 112 Å². The van der Waals surface area contributed by atoms with E-state index in [0.717, 1.165) is 0 Å². The van der Waals surface area contributed by atoms with Crippen molar-refractivity contribution in [2.45, 2.75) is 19.9 Å². The van der Waals surface area contributed by atoms with E-state index < -0.39 is 24.0 Å². The van der Waals surface area contributed by atoms with Gasteiger partial charge in [0.2, 0.25) is 11.8 Å². The highest BCUT2D eigenvalue weighted by atomic mass is 16.5. The summed E-state index contributed by atoms with van der Waals surface area (Å²) < 4.78 is 15.8. The molecule has 9 heteroatoms. The van der Waals surface area contributed by atoms with Crippen LogP contribution in [-0.4, -0.2) is 42.8 Å². The predicted octanol–water partition coefficient (Wildman–Crippen LogP) is 1.18. The third-order valence-electron chi connectivity index (χ3n) is 3.59. The van der Waals surface area contributed by atoms with Crippen LogP contribution >= 0.6 is 0 Å². The molecule has 1 aromatic rings. The van der Waals surface area contributed by atoms with Gasteiger partial charge in [0.15, 0.2) is 0 Å². The average molecular weight is 350 g/mol. The molecular formula is C16H22N4O5. The van der Waals surface area contributed by atoms with Crippen LogP contribution in [0.3, 0.4) is 0 Å². The van der Waals surface area contributed by atoms with Gasteiger partial charge in [-0.2, -0.15) is 0 Å². The molecule has 25 heavy (non-hydrogen) atoms. The number of methoxy groups -OCH3 is 2. The molecule has 1 saturated heterocycles. The summed E-state index contributed by atoms with van der Waals surface area (Å²) in [6.45, 7) is 7.89. The van der Waals surface area contributed by atoms with Gasteiger partial charge in [-0.1, -0.05) is 20.4 Å². The second-order valence-electron chi connectivity index (χ2n) is 5.91. The molecule has 0 aromatic carbocycles. The molecule has 0 bridgehead atoms. The van der Waals surface area contributed by atoms with Crippen LogP contribution in [0, 0.1) is 11.8 Å². The number of rotatable bonds is 6. The summed E-state index contributed by atoms with van der Waals surface area (Å²) in [6.07, 6.45) is 1.27. The molecule has 2 heterocycles. The van der Waals surface area contributed by atoms with Crippen LogP contribution in [0.4, 0.5) is 4.79 Å². The van der Waals surface area contributed by atoms with Crippen molar-refractivity contribution < 1.29 is 23.8 Å². The fraction of sp³-hybridized carbons (Fsp3) is 0.500. The number of urea groups is 1. The first-order valence-corrected chi connectivity index (χ1v) is 7.74. The molecule has 2 N–H and O–H groups in total. The van der Waals surface area contributed by atoms with Crippen molar-refractivity contribution >= 4 is 12.0 Å². The average Bonchev–Trinajstić information content (AvgIpc) is 2.58. The lowest BCUT2D eigenvalue weighted by atomic mass is 9.89. The molecule has 0 spiro atoms. The second-order valence-corrected chi connectivity index (χ2v) is 5.91. The lowest BCUT2D eigenvalue weighted by molar-refractivity contribution is -0.149. The van der Waals surface area contributed by atoms with Crippen molar-refractivity contribution in [2.24, 2.45) is 11.8 Å². The van der Waals surface area contributed by atoms with E-state index >= 15 is 0 Å². The zero-order valence-electron chi connectivity index (χ0n) is 14.7. The van der Waals surface area contributed by atoms with Crippen molar-refractivity contribution in [2.75, 3.05) is 20.8 Å². The second kappa shape index (κ2) is 7.82. The van der Waals surface area contributed by atoms with Crippen LogP contribution in [0.5, 0.6) is 11.8 Å². The van der Waals surface area contributed by atoms with Gasteiger partial charge >= 0.3 is 12.0 Å². The van der Waals surface area contributed by atoms with Gasteiger partial charge in [0.1, 0.15) is 12.2 Å². The molecule has 1 aromatic heterocycles. The number of amides is 2. The molecule has 0 radical (unpaired) electrons. The third kappa shape index (κ3) is 3.98. The number of carbonyl (C=O) groups excluding carboxylic acids is 2. The maximum atomic E-state index is 12.6. The monoisotopic (exact) mass is 350 g/mol. The molecular weight excluding hydrogens is 328 g/mol. The number of carbonyl (C=O) groups is 2. The Morgan fingerprint density at radius 2 is 1.88 bits per heavy atom. The molecule has 1 fully saturated rings. The largest absolute Gasteiger partial charge is 0.481 e. The fourth-order valence-corrected chi connectivity index (χ4v) is 2.50. The molecule has 2 rings (SSSR count). The Morgan fingerprint density at radius 1 is 1.28 bits per heavy atom. The fourth-order valence-electron chi connectivity index (χ4n) is 2.50. The van der Waals surface area contributed by atoms with Gasteiger partial charge in [-0.05, 0) is 5.92 Å². The highest BCUT2D eigenvalue weighted by Crippen LogP contribution is 2.38. The van der Waals surface area contributed by atoms with Gasteiger partial charge < -0.3 is 24.8 Å². The minimum atomic E-state index is -0.884. The van der Waals surface area contributed by atoms with Crippen LogP contribution in [0.25, 0.3) is 0 Å². The molecule has 0 unspecified atom stereocenters. The van der Waals surface area contributed by atoms with Gasteiger partial charge in [-0.3, -0.25) is 4.79 Å². The van der Waals surface area contributed by atoms with Crippen molar-refractivity contribution in [3.63, 3.8) is 0 Å². The Bertz CT molecular complexity index is 654. The first-order chi connectivity index (χ1) is 11.9. The van der Waals surface area contributed by atoms with E-state index in [-0.39, 0.29) is 30.0 Å². The standard InChI is InChI=1S/C16H22N4O5/c1-8(2)6-25-15(21)10-9(3)19-16(22)20-12(10)11-13(23-4)17-7-18-14(11)24-5/h7-8,10,12H,3,6H2,1-2,4-5H3,(H2,19,20,22)/t10-,12-/m1/s1. The smallest absolute Gasteiger partial charge is 0.319 e. The number of nitrogens with one attached hydrogen (secondary N) is 2. The van der Waals surface area contributed by atoms with E-state index in [1.54, 1.807) is 0 Å². The Balaban J connectivity index is 2.45. The number of hydrogen-bond acceptors (Lipinski definition) is 7. The normalized spacial score (nSPS) is 19.9. The molecule has 2 atom stereocenters. The zero-order valence-corrected chi connectivity index (χ0v) is 14.7. The van der Waals surface area contributed by atoms with Crippen LogP contribution in [-0.2, 0) is 9.53 Å². The summed E-state index contributed by atoms with van der Waals surface area (Å²) in [6, 6.07) is -1.34. The van der Waals surface area contributed by atoms with Crippen molar-refractivity contribution in [3.05, 3.63) is 24.2 Å². The van der Waals surface area contributed by atoms with Crippen molar-refractivity contribution in [1.82, 2.24) is 20.6 Å². The third-order valence-corrected chi connectivity index (χ3v) is 3.59. The molecule has 0 aliphatic carbocycles. The first-order valence-electron chi connectivity index (χ1n) is 7.74. The summed E-state index contributed by atoms with van der Waals surface area (Å²) in [5.74, 6) is -0.859. The Kier molecular flexibility index (Phi) is 5.79. The van der Waals surface area contributed by atoms with E-state index in [4.69, 9.17) is 14.2 Å². The summed E-state index contributed by atoms with van der Waals surface area (Å²) in [4.78, 5) is 32.6. The van der Waals surface area contributed by atoms with E-state index in [0.29, 0.717) is 5.56 Å². The number of hydrogen-bond donors (Lipinski definition) is 2. The first kappa shape index (κ1) is 18.5. The maximum Gasteiger partial charge on any atom is 0.319 e. The molecule has 136 valence electrons. The van der Waals surface area contributed by atoms with Gasteiger partial charge in [-0.15, -0.1) is 0 Å². The lowest BCUT2D eigenvalue weighted by Crippen LogP contribution is -2.51. The molecule has 9 nitrogen and oxygen atoms in total. The molecule has 1 aliphatic rings. The summed E-state index contributed by atoms with van der Waals surface area (Å²) in [5.41, 5.74) is 0.561. The maximum absolute atomic E-state index is 12.6. The van der Waals surface area contributed by atoms with E-state index in [1.807, 2.05) is 13.8 Å². The minimum Gasteiger partial charge on any atom is -0.481 e. The summed E-state index contributed by atoms with van der Waals surface area (Å²) >= 11 is 0. The number of nitrogens with zero attached hydrogens (tertiary/aromatic N) is 2. The van der Waals surface area contributed by atoms with Crippen molar-refractivity contribution in [1.29, 1.82) is 0 Å². The zero-order chi connectivity index (χ0) is 18.6. The lowest BCUT2D eigenvalue weighted by Gasteiger charge is -2.33. The molecule has 2 amide bonds. The van der Waals surface area contributed by atoms with Crippen molar-refractivity contribution in [3.8, 4) is 11.8 Å². The Hall–Kier alpha value is -2.84. The summed E-state index contributed by atoms with van der Waals surface area (Å²) in [5, 5.41) is 5.18. The van der Waals surface area contributed by atoms with E-state index in [2.05, 4.69) is 27.2 Å². The van der Waals surface area contributed by atoms with Crippen LogP contribution in [0.1, 0.15) is 25.5 Å². The van der Waals surface area contributed by atoms with E-state index in [9.17, 15) is 9.59 Å². The molecule has 0 saturated carbocycles. The Labute approximate surface area is 145 Å². The van der Waals surface area contributed by atoms with E-state index in [1.165, 1.54) is 20.5 Å². The Morgan fingerprint density at radius 3 is 2.40 bits per heavy atom. The predicted molar refractivity (Wildman–Crippen MR) is 88.0 cm³/mol. The SMILES string of the molecule is C=C1NC(=O)N[C@@H](c2c(OC)ncnc2OC)[C@@H]1C(=O)OCC(C)C. The number of aromatic nitrogens is 2. The van der Waals surface area contributed by atoms with Crippen LogP contribution in [0.2, 0.25) is 0 Å². The van der Waals surface area contributed by atoms with Gasteiger partial charge in [0, 0.05) is 5.70 Å². The number of esters is 1. The minimum absolute atomic E-state index is 0.172. The van der Waals surface area contributed by atoms with Crippen LogP contribution < -0.4 is 20.1 Å².